The van der Waals surface area contributed by atoms with Gasteiger partial charge in [-0.2, -0.15) is 0 Å². The van der Waals surface area contributed by atoms with E-state index < -0.39 is 17.8 Å². The summed E-state index contributed by atoms with van der Waals surface area (Å²) in [6.07, 6.45) is 0.0944. The van der Waals surface area contributed by atoms with E-state index in [1.54, 1.807) is 0 Å². The number of amides is 2. The van der Waals surface area contributed by atoms with Crippen molar-refractivity contribution in [2.45, 2.75) is 26.7 Å². The second-order valence-electron chi connectivity index (χ2n) is 6.32. The summed E-state index contributed by atoms with van der Waals surface area (Å²) in [6, 6.07) is 0. The molecule has 146 valence electrons. The first-order valence-electron chi connectivity index (χ1n) is 8.16. The maximum absolute atomic E-state index is 11.4. The third kappa shape index (κ3) is 8.77. The molecule has 0 saturated carbocycles. The highest BCUT2D eigenvalue weighted by Gasteiger charge is 2.32. The molecule has 26 heavy (non-hydrogen) atoms. The van der Waals surface area contributed by atoms with Gasteiger partial charge in [-0.3, -0.25) is 9.59 Å². The monoisotopic (exact) mass is 372 g/mol. The number of hydrogen-bond acceptors (Lipinski definition) is 8. The zero-order chi connectivity index (χ0) is 19.4. The molecule has 2 amide bonds. The molecule has 11 nitrogen and oxygen atoms in total. The quantitative estimate of drug-likeness (QED) is 0.154. The molecular formula is C15H24N4O7. The van der Waals surface area contributed by atoms with Crippen LogP contribution in [0.2, 0.25) is 0 Å². The summed E-state index contributed by atoms with van der Waals surface area (Å²) in [7, 11) is 0. The van der Waals surface area contributed by atoms with Crippen LogP contribution in [0.25, 0.3) is 10.4 Å². The maximum atomic E-state index is 11.4. The Morgan fingerprint density at radius 1 is 1.12 bits per heavy atom. The van der Waals surface area contributed by atoms with Crippen LogP contribution in [0.1, 0.15) is 26.7 Å². The van der Waals surface area contributed by atoms with Gasteiger partial charge in [0.05, 0.1) is 33.0 Å². The molecule has 0 aromatic heterocycles. The molecule has 0 radical (unpaired) electrons. The largest absolute Gasteiger partial charge is 0.379 e. The molecule has 1 saturated heterocycles. The number of azide groups is 1. The first kappa shape index (κ1) is 21.8. The third-order valence-electron chi connectivity index (χ3n) is 3.22. The van der Waals surface area contributed by atoms with E-state index in [4.69, 9.17) is 19.7 Å². The smallest absolute Gasteiger partial charge is 0.358 e. The zero-order valence-electron chi connectivity index (χ0n) is 15.0. The molecule has 1 fully saturated rings. The second kappa shape index (κ2) is 11.4. The SMILES string of the molecule is CC(C)(CN=[N+]=[N-])COCCOCCOCC(=O)ON1C(=O)CCC1=O. The van der Waals surface area contributed by atoms with Gasteiger partial charge in [-0.25, -0.2) is 4.79 Å². The van der Waals surface area contributed by atoms with Gasteiger partial charge in [0.1, 0.15) is 6.61 Å². The summed E-state index contributed by atoms with van der Waals surface area (Å²) >= 11 is 0. The van der Waals surface area contributed by atoms with Gasteiger partial charge in [0.25, 0.3) is 11.8 Å². The van der Waals surface area contributed by atoms with E-state index in [0.29, 0.717) is 31.4 Å². The maximum Gasteiger partial charge on any atom is 0.358 e. The fourth-order valence-corrected chi connectivity index (χ4v) is 1.90. The Bertz CT molecular complexity index is 530. The van der Waals surface area contributed by atoms with Gasteiger partial charge in [-0.05, 0) is 10.9 Å². The van der Waals surface area contributed by atoms with Crippen molar-refractivity contribution in [1.82, 2.24) is 5.06 Å². The molecule has 0 bridgehead atoms. The normalized spacial score (nSPS) is 14.5. The van der Waals surface area contributed by atoms with Crippen LogP contribution in [-0.4, -0.2) is 69.0 Å². The number of imide groups is 1. The number of hydroxylamine groups is 2. The molecule has 1 aliphatic heterocycles. The summed E-state index contributed by atoms with van der Waals surface area (Å²) in [5.41, 5.74) is 8.05. The standard InChI is InChI=1S/C15H24N4O7/c1-15(2,10-17-18-16)11-25-8-6-23-5-7-24-9-14(22)26-19-12(20)3-4-13(19)21/h3-11H2,1-2H3. The van der Waals surface area contributed by atoms with E-state index in [9.17, 15) is 14.4 Å². The molecule has 0 aromatic carbocycles. The van der Waals surface area contributed by atoms with Crippen LogP contribution in [0.4, 0.5) is 0 Å². The molecule has 0 atom stereocenters. The van der Waals surface area contributed by atoms with Crippen LogP contribution in [0.15, 0.2) is 5.11 Å². The van der Waals surface area contributed by atoms with E-state index in [1.165, 1.54) is 0 Å². The Kier molecular flexibility index (Phi) is 9.60. The van der Waals surface area contributed by atoms with Gasteiger partial charge >= 0.3 is 5.97 Å². The first-order chi connectivity index (χ1) is 12.4. The van der Waals surface area contributed by atoms with Crippen molar-refractivity contribution in [3.05, 3.63) is 10.4 Å². The van der Waals surface area contributed by atoms with Crippen molar-refractivity contribution in [3.8, 4) is 0 Å². The Hall–Kier alpha value is -2.20. The van der Waals surface area contributed by atoms with Gasteiger partial charge < -0.3 is 19.0 Å². The summed E-state index contributed by atoms with van der Waals surface area (Å²) in [5, 5.41) is 4.00. The number of hydrogen-bond donors (Lipinski definition) is 0. The average molecular weight is 372 g/mol. The summed E-state index contributed by atoms with van der Waals surface area (Å²) in [5.74, 6) is -1.89. The lowest BCUT2D eigenvalue weighted by atomic mass is 9.95. The van der Waals surface area contributed by atoms with Crippen molar-refractivity contribution in [2.24, 2.45) is 10.5 Å². The van der Waals surface area contributed by atoms with Crippen LogP contribution < -0.4 is 0 Å². The highest BCUT2D eigenvalue weighted by Crippen LogP contribution is 2.15. The Morgan fingerprint density at radius 3 is 2.31 bits per heavy atom. The zero-order valence-corrected chi connectivity index (χ0v) is 15.0. The molecule has 1 aliphatic rings. The predicted molar refractivity (Wildman–Crippen MR) is 87.4 cm³/mol. The summed E-state index contributed by atoms with van der Waals surface area (Å²) in [6.45, 7) is 5.39. The highest BCUT2D eigenvalue weighted by atomic mass is 16.7. The van der Waals surface area contributed by atoms with Crippen molar-refractivity contribution in [2.75, 3.05) is 46.2 Å². The molecule has 1 heterocycles. The molecule has 1 rings (SSSR count). The Balaban J connectivity index is 1.97. The predicted octanol–water partition coefficient (Wildman–Crippen LogP) is 0.980. The van der Waals surface area contributed by atoms with E-state index in [-0.39, 0.29) is 38.1 Å². The number of carbonyl (C=O) groups is 3. The highest BCUT2D eigenvalue weighted by molar-refractivity contribution is 6.01. The third-order valence-corrected chi connectivity index (χ3v) is 3.22. The number of carbonyl (C=O) groups excluding carboxylic acids is 3. The van der Waals surface area contributed by atoms with Gasteiger partial charge in [0.2, 0.25) is 0 Å². The second-order valence-corrected chi connectivity index (χ2v) is 6.32. The van der Waals surface area contributed by atoms with Gasteiger partial charge in [0.15, 0.2) is 0 Å². The first-order valence-corrected chi connectivity index (χ1v) is 8.16. The fraction of sp³-hybridized carbons (Fsp3) is 0.800. The molecular weight excluding hydrogens is 348 g/mol. The van der Waals surface area contributed by atoms with E-state index >= 15 is 0 Å². The van der Waals surface area contributed by atoms with E-state index in [0.717, 1.165) is 0 Å². The molecule has 0 aliphatic carbocycles. The number of rotatable bonds is 13. The van der Waals surface area contributed by atoms with Crippen LogP contribution in [0.5, 0.6) is 0 Å². The van der Waals surface area contributed by atoms with Crippen molar-refractivity contribution >= 4 is 17.8 Å². The van der Waals surface area contributed by atoms with Gasteiger partial charge in [-0.15, -0.1) is 5.06 Å². The van der Waals surface area contributed by atoms with E-state index in [1.807, 2.05) is 13.8 Å². The molecule has 0 aromatic rings. The Labute approximate surface area is 151 Å². The van der Waals surface area contributed by atoms with Crippen LogP contribution >= 0.6 is 0 Å². The Morgan fingerprint density at radius 2 is 1.69 bits per heavy atom. The van der Waals surface area contributed by atoms with Gasteiger partial charge in [-0.1, -0.05) is 19.0 Å². The minimum absolute atomic E-state index is 0.0472. The number of nitrogens with zero attached hydrogens (tertiary/aromatic N) is 4. The van der Waals surface area contributed by atoms with Crippen molar-refractivity contribution in [1.29, 1.82) is 0 Å². The number of ether oxygens (including phenoxy) is 3. The molecule has 11 heteroatoms. The molecule has 0 N–H and O–H groups in total. The van der Waals surface area contributed by atoms with Gasteiger partial charge in [0, 0.05) is 24.3 Å². The lowest BCUT2D eigenvalue weighted by Gasteiger charge is -2.21. The average Bonchev–Trinajstić information content (AvgIpc) is 2.90. The van der Waals surface area contributed by atoms with Crippen LogP contribution in [0, 0.1) is 5.41 Å². The molecule has 0 unspecified atom stereocenters. The lowest BCUT2D eigenvalue weighted by Crippen LogP contribution is -2.33. The minimum Gasteiger partial charge on any atom is -0.379 e. The summed E-state index contributed by atoms with van der Waals surface area (Å²) in [4.78, 5) is 41.3. The van der Waals surface area contributed by atoms with Crippen LogP contribution in [0.3, 0.4) is 0 Å². The minimum atomic E-state index is -0.820. The fourth-order valence-electron chi connectivity index (χ4n) is 1.90. The summed E-state index contributed by atoms with van der Waals surface area (Å²) < 4.78 is 15.8. The topological polar surface area (TPSA) is 140 Å². The molecule has 0 spiro atoms. The van der Waals surface area contributed by atoms with Crippen molar-refractivity contribution < 1.29 is 33.4 Å². The lowest BCUT2D eigenvalue weighted by molar-refractivity contribution is -0.200. The van der Waals surface area contributed by atoms with Crippen LogP contribution in [-0.2, 0) is 33.4 Å². The van der Waals surface area contributed by atoms with Crippen molar-refractivity contribution in [3.63, 3.8) is 0 Å². The van der Waals surface area contributed by atoms with E-state index in [2.05, 4.69) is 14.9 Å².